The van der Waals surface area contributed by atoms with Crippen LogP contribution < -0.4 is 0 Å². The fourth-order valence-corrected chi connectivity index (χ4v) is 0.264. The quantitative estimate of drug-likeness (QED) is 0.458. The molecular weight excluding hydrogens is 134 g/mol. The summed E-state index contributed by atoms with van der Waals surface area (Å²) in [5, 5.41) is 0. The van der Waals surface area contributed by atoms with Crippen LogP contribution in [-0.4, -0.2) is 32.6 Å². The third-order valence-electron chi connectivity index (χ3n) is 0.775. The van der Waals surface area contributed by atoms with Crippen molar-refractivity contribution in [1.82, 2.24) is 0 Å². The minimum absolute atomic E-state index is 0.245. The van der Waals surface area contributed by atoms with Gasteiger partial charge >= 0.3 is 5.97 Å². The number of methoxy groups -OCH3 is 1. The van der Waals surface area contributed by atoms with E-state index in [1.54, 1.807) is 0 Å². The first-order valence-corrected chi connectivity index (χ1v) is 2.92. The highest BCUT2D eigenvalue weighted by molar-refractivity contribution is 5.65. The SMILES string of the molecule is C1=NCCO1.COC(C)=O. The first-order valence-electron chi connectivity index (χ1n) is 2.92. The maximum Gasteiger partial charge on any atom is 0.302 e. The predicted molar refractivity (Wildman–Crippen MR) is 37.0 cm³/mol. The average Bonchev–Trinajstić information content (AvgIpc) is 2.43. The molecule has 0 amide bonds. The molecule has 0 aromatic heterocycles. The van der Waals surface area contributed by atoms with Gasteiger partial charge in [-0.15, -0.1) is 0 Å². The molecular formula is C6H11NO3. The van der Waals surface area contributed by atoms with Gasteiger partial charge in [0.2, 0.25) is 0 Å². The number of ether oxygens (including phenoxy) is 2. The molecule has 1 aliphatic rings. The number of aliphatic imine (C=N–C) groups is 1. The smallest absolute Gasteiger partial charge is 0.302 e. The Balaban J connectivity index is 0.000000162. The molecule has 1 heterocycles. The van der Waals surface area contributed by atoms with Crippen LogP contribution in [0.25, 0.3) is 0 Å². The van der Waals surface area contributed by atoms with E-state index in [0.717, 1.165) is 13.2 Å². The van der Waals surface area contributed by atoms with Crippen molar-refractivity contribution in [3.8, 4) is 0 Å². The normalized spacial score (nSPS) is 13.0. The van der Waals surface area contributed by atoms with Crippen molar-refractivity contribution < 1.29 is 14.3 Å². The molecule has 0 saturated carbocycles. The molecule has 0 N–H and O–H groups in total. The molecule has 0 aromatic carbocycles. The third-order valence-corrected chi connectivity index (χ3v) is 0.775. The van der Waals surface area contributed by atoms with E-state index in [9.17, 15) is 4.79 Å². The standard InChI is InChI=1S/C3H5NO.C3H6O2/c1-2-5-3-4-1;1-3(4)5-2/h3H,1-2H2;1-2H3. The molecule has 0 atom stereocenters. The maximum absolute atomic E-state index is 9.59. The van der Waals surface area contributed by atoms with Crippen LogP contribution in [0, 0.1) is 0 Å². The molecule has 58 valence electrons. The summed E-state index contributed by atoms with van der Waals surface area (Å²) in [4.78, 5) is 13.3. The van der Waals surface area contributed by atoms with Crippen molar-refractivity contribution in [3.05, 3.63) is 0 Å². The van der Waals surface area contributed by atoms with Crippen molar-refractivity contribution in [2.45, 2.75) is 6.92 Å². The van der Waals surface area contributed by atoms with Gasteiger partial charge in [0.05, 0.1) is 13.7 Å². The van der Waals surface area contributed by atoms with Gasteiger partial charge in [-0.2, -0.15) is 0 Å². The second-order valence-corrected chi connectivity index (χ2v) is 1.58. The summed E-state index contributed by atoms with van der Waals surface area (Å²) in [5.41, 5.74) is 0. The van der Waals surface area contributed by atoms with E-state index < -0.39 is 0 Å². The Labute approximate surface area is 59.8 Å². The predicted octanol–water partition coefficient (Wildman–Crippen LogP) is 0.224. The van der Waals surface area contributed by atoms with E-state index in [0.29, 0.717) is 0 Å². The number of carbonyl (C=O) groups is 1. The van der Waals surface area contributed by atoms with E-state index in [1.807, 2.05) is 0 Å². The van der Waals surface area contributed by atoms with Gasteiger partial charge in [0.25, 0.3) is 0 Å². The number of hydrogen-bond acceptors (Lipinski definition) is 4. The van der Waals surface area contributed by atoms with Gasteiger partial charge in [-0.1, -0.05) is 0 Å². The molecule has 0 aromatic rings. The zero-order valence-corrected chi connectivity index (χ0v) is 6.16. The summed E-state index contributed by atoms with van der Waals surface area (Å²) < 4.78 is 8.76. The Morgan fingerprint density at radius 1 is 1.80 bits per heavy atom. The van der Waals surface area contributed by atoms with Crippen LogP contribution in [0.2, 0.25) is 0 Å². The lowest BCUT2D eigenvalue weighted by Gasteiger charge is -1.80. The molecule has 1 aliphatic heterocycles. The van der Waals surface area contributed by atoms with Crippen LogP contribution in [0.3, 0.4) is 0 Å². The first kappa shape index (κ1) is 8.94. The molecule has 1 rings (SSSR count). The molecule has 4 heteroatoms. The van der Waals surface area contributed by atoms with Gasteiger partial charge in [-0.05, 0) is 0 Å². The lowest BCUT2D eigenvalue weighted by molar-refractivity contribution is -0.137. The second kappa shape index (κ2) is 6.07. The summed E-state index contributed by atoms with van der Waals surface area (Å²) in [5.74, 6) is -0.245. The monoisotopic (exact) mass is 145 g/mol. The molecule has 0 spiro atoms. The van der Waals surface area contributed by atoms with Crippen LogP contribution in [0.15, 0.2) is 4.99 Å². The zero-order valence-electron chi connectivity index (χ0n) is 6.16. The van der Waals surface area contributed by atoms with Gasteiger partial charge < -0.3 is 9.47 Å². The molecule has 4 nitrogen and oxygen atoms in total. The second-order valence-electron chi connectivity index (χ2n) is 1.58. The van der Waals surface area contributed by atoms with Crippen LogP contribution in [-0.2, 0) is 14.3 Å². The zero-order chi connectivity index (χ0) is 7.82. The molecule has 0 aliphatic carbocycles. The Morgan fingerprint density at radius 2 is 2.40 bits per heavy atom. The number of carbonyl (C=O) groups excluding carboxylic acids is 1. The van der Waals surface area contributed by atoms with Crippen molar-refractivity contribution in [1.29, 1.82) is 0 Å². The largest absolute Gasteiger partial charge is 0.482 e. The summed E-state index contributed by atoms with van der Waals surface area (Å²) in [6, 6.07) is 0. The Kier molecular flexibility index (Phi) is 5.42. The lowest BCUT2D eigenvalue weighted by Crippen LogP contribution is -1.88. The average molecular weight is 145 g/mol. The topological polar surface area (TPSA) is 47.9 Å². The number of hydrogen-bond donors (Lipinski definition) is 0. The van der Waals surface area contributed by atoms with Gasteiger partial charge in [0.1, 0.15) is 6.61 Å². The highest BCUT2D eigenvalue weighted by atomic mass is 16.5. The highest BCUT2D eigenvalue weighted by Crippen LogP contribution is 1.78. The van der Waals surface area contributed by atoms with Crippen LogP contribution in [0.4, 0.5) is 0 Å². The number of nitrogens with zero attached hydrogens (tertiary/aromatic N) is 1. The summed E-state index contributed by atoms with van der Waals surface area (Å²) in [6.45, 7) is 2.99. The lowest BCUT2D eigenvalue weighted by atomic mass is 10.8. The third kappa shape index (κ3) is 6.94. The van der Waals surface area contributed by atoms with Gasteiger partial charge in [0.15, 0.2) is 6.40 Å². The van der Waals surface area contributed by atoms with Crippen molar-refractivity contribution in [3.63, 3.8) is 0 Å². The van der Waals surface area contributed by atoms with Crippen LogP contribution >= 0.6 is 0 Å². The van der Waals surface area contributed by atoms with Crippen LogP contribution in [0.5, 0.6) is 0 Å². The van der Waals surface area contributed by atoms with Gasteiger partial charge in [-0.3, -0.25) is 9.79 Å². The molecule has 10 heavy (non-hydrogen) atoms. The molecule has 0 unspecified atom stereocenters. The van der Waals surface area contributed by atoms with E-state index in [1.165, 1.54) is 20.4 Å². The van der Waals surface area contributed by atoms with Crippen LogP contribution in [0.1, 0.15) is 6.92 Å². The minimum Gasteiger partial charge on any atom is -0.482 e. The van der Waals surface area contributed by atoms with Crippen molar-refractivity contribution in [2.75, 3.05) is 20.3 Å². The van der Waals surface area contributed by atoms with E-state index >= 15 is 0 Å². The highest BCUT2D eigenvalue weighted by Gasteiger charge is 1.84. The Bertz CT molecular complexity index is 116. The molecule has 0 radical (unpaired) electrons. The molecule has 0 bridgehead atoms. The van der Waals surface area contributed by atoms with E-state index in [-0.39, 0.29) is 5.97 Å². The molecule has 0 saturated heterocycles. The van der Waals surface area contributed by atoms with E-state index in [2.05, 4.69) is 14.5 Å². The first-order chi connectivity index (χ1) is 4.77. The van der Waals surface area contributed by atoms with Crippen molar-refractivity contribution in [2.24, 2.45) is 4.99 Å². The van der Waals surface area contributed by atoms with Gasteiger partial charge in [-0.25, -0.2) is 0 Å². The number of rotatable bonds is 0. The Morgan fingerprint density at radius 3 is 2.50 bits per heavy atom. The summed E-state index contributed by atoms with van der Waals surface area (Å²) >= 11 is 0. The maximum atomic E-state index is 9.59. The van der Waals surface area contributed by atoms with E-state index in [4.69, 9.17) is 0 Å². The fraction of sp³-hybridized carbons (Fsp3) is 0.667. The summed E-state index contributed by atoms with van der Waals surface area (Å²) in [6.07, 6.45) is 1.49. The molecule has 0 fully saturated rings. The minimum atomic E-state index is -0.245. The summed E-state index contributed by atoms with van der Waals surface area (Å²) in [7, 11) is 1.35. The van der Waals surface area contributed by atoms with Crippen molar-refractivity contribution >= 4 is 12.4 Å². The Hall–Kier alpha value is -1.06. The fourth-order valence-electron chi connectivity index (χ4n) is 0.264. The number of esters is 1. The van der Waals surface area contributed by atoms with Gasteiger partial charge in [0, 0.05) is 6.92 Å².